The molecule has 1 aromatic rings. The van der Waals surface area contributed by atoms with Gasteiger partial charge in [0.1, 0.15) is 17.8 Å². The molecule has 1 aliphatic heterocycles. The largest absolute Gasteiger partial charge is 0.496 e. The molecule has 1 heterocycles. The first-order valence-corrected chi connectivity index (χ1v) is 7.90. The molecule has 2 rings (SSSR count). The van der Waals surface area contributed by atoms with Gasteiger partial charge in [0.15, 0.2) is 0 Å². The molecule has 0 radical (unpaired) electrons. The Labute approximate surface area is 144 Å². The average molecular weight is 355 g/mol. The summed E-state index contributed by atoms with van der Waals surface area (Å²) in [4.78, 5) is 37.4. The number of carboxylic acids is 1. The van der Waals surface area contributed by atoms with Crippen LogP contribution in [-0.2, 0) is 9.59 Å². The molecule has 2 amide bonds. The molecule has 0 aliphatic carbocycles. The number of nitrogens with zero attached hydrogens (tertiary/aromatic N) is 1. The molecule has 0 spiro atoms. The number of carbonyl (C=O) groups excluding carboxylic acids is 2. The molecule has 0 saturated carbocycles. The molecule has 8 heteroatoms. The van der Waals surface area contributed by atoms with Crippen LogP contribution in [0.3, 0.4) is 0 Å². The molecule has 2 N–H and O–H groups in total. The fraction of sp³-hybridized carbons (Fsp3) is 0.438. The third-order valence-corrected chi connectivity index (χ3v) is 4.17. The molecule has 1 aliphatic rings. The number of carbonyl (C=O) groups is 3. The Balaban J connectivity index is 2.21. The van der Waals surface area contributed by atoms with E-state index in [1.165, 1.54) is 25.0 Å². The lowest BCUT2D eigenvalue weighted by molar-refractivity contribution is -0.141. The maximum atomic E-state index is 12.8. The van der Waals surface area contributed by atoms with Gasteiger partial charge in [0.25, 0.3) is 5.91 Å². The smallest absolute Gasteiger partial charge is 0.325 e. The molecule has 1 fully saturated rings. The quantitative estimate of drug-likeness (QED) is 0.836. The Kier molecular flexibility index (Phi) is 5.66. The van der Waals surface area contributed by atoms with Crippen molar-refractivity contribution in [2.24, 2.45) is 0 Å². The monoisotopic (exact) mass is 354 g/mol. The van der Waals surface area contributed by atoms with E-state index in [0.29, 0.717) is 30.2 Å². The molecule has 1 aromatic carbocycles. The number of hydrogen-bond acceptors (Lipinski definition) is 4. The predicted molar refractivity (Wildman–Crippen MR) is 87.3 cm³/mol. The van der Waals surface area contributed by atoms with Crippen molar-refractivity contribution in [3.05, 3.63) is 28.8 Å². The lowest BCUT2D eigenvalue weighted by atomic mass is 10.1. The number of nitrogens with one attached hydrogen (secondary N) is 1. The summed E-state index contributed by atoms with van der Waals surface area (Å²) in [5, 5.41) is 11.7. The van der Waals surface area contributed by atoms with E-state index in [-0.39, 0.29) is 11.5 Å². The van der Waals surface area contributed by atoms with Gasteiger partial charge in [-0.1, -0.05) is 11.6 Å². The number of rotatable bonds is 5. The van der Waals surface area contributed by atoms with E-state index < -0.39 is 24.0 Å². The van der Waals surface area contributed by atoms with Crippen LogP contribution in [0, 0.1) is 0 Å². The number of amides is 2. The second kappa shape index (κ2) is 7.53. The molecular weight excluding hydrogens is 336 g/mol. The molecule has 7 nitrogen and oxygen atoms in total. The van der Waals surface area contributed by atoms with Crippen LogP contribution in [0.5, 0.6) is 5.75 Å². The Morgan fingerprint density at radius 3 is 2.75 bits per heavy atom. The van der Waals surface area contributed by atoms with Gasteiger partial charge in [-0.05, 0) is 38.0 Å². The summed E-state index contributed by atoms with van der Waals surface area (Å²) >= 11 is 5.96. The van der Waals surface area contributed by atoms with E-state index >= 15 is 0 Å². The number of likely N-dealkylation sites (tertiary alicyclic amines) is 1. The van der Waals surface area contributed by atoms with E-state index in [2.05, 4.69) is 5.32 Å². The van der Waals surface area contributed by atoms with Gasteiger partial charge in [-0.25, -0.2) is 0 Å². The third-order valence-electron chi connectivity index (χ3n) is 3.94. The SMILES string of the molecule is COc1ccc(Cl)cc1C(=O)N1CCCC1C(=O)NC(C)C(=O)O. The minimum Gasteiger partial charge on any atom is -0.496 e. The number of benzene rings is 1. The molecule has 0 aromatic heterocycles. The Morgan fingerprint density at radius 1 is 1.42 bits per heavy atom. The van der Waals surface area contributed by atoms with Crippen molar-refractivity contribution < 1.29 is 24.2 Å². The van der Waals surface area contributed by atoms with Crippen LogP contribution in [0.4, 0.5) is 0 Å². The highest BCUT2D eigenvalue weighted by atomic mass is 35.5. The summed E-state index contributed by atoms with van der Waals surface area (Å²) in [6.45, 7) is 1.79. The molecule has 2 atom stereocenters. The second-order valence-electron chi connectivity index (χ2n) is 5.57. The van der Waals surface area contributed by atoms with Crippen molar-refractivity contribution in [1.82, 2.24) is 10.2 Å². The summed E-state index contributed by atoms with van der Waals surface area (Å²) < 4.78 is 5.19. The first kappa shape index (κ1) is 18.1. The van der Waals surface area contributed by atoms with Crippen molar-refractivity contribution in [1.29, 1.82) is 0 Å². The van der Waals surface area contributed by atoms with Gasteiger partial charge in [-0.2, -0.15) is 0 Å². The van der Waals surface area contributed by atoms with Crippen LogP contribution in [0.15, 0.2) is 18.2 Å². The number of carboxylic acid groups (broad SMARTS) is 1. The summed E-state index contributed by atoms with van der Waals surface area (Å²) in [6.07, 6.45) is 1.14. The summed E-state index contributed by atoms with van der Waals surface area (Å²) in [7, 11) is 1.45. The first-order valence-electron chi connectivity index (χ1n) is 7.53. The van der Waals surface area contributed by atoms with Crippen molar-refractivity contribution in [3.63, 3.8) is 0 Å². The number of ether oxygens (including phenoxy) is 1. The molecule has 24 heavy (non-hydrogen) atoms. The van der Waals surface area contributed by atoms with Gasteiger partial charge in [-0.3, -0.25) is 14.4 Å². The lowest BCUT2D eigenvalue weighted by Crippen LogP contribution is -2.50. The van der Waals surface area contributed by atoms with Crippen molar-refractivity contribution in [3.8, 4) is 5.75 Å². The maximum absolute atomic E-state index is 12.8. The average Bonchev–Trinajstić information content (AvgIpc) is 3.03. The van der Waals surface area contributed by atoms with Crippen LogP contribution in [-0.4, -0.2) is 53.5 Å². The van der Waals surface area contributed by atoms with Crippen molar-refractivity contribution >= 4 is 29.4 Å². The van der Waals surface area contributed by atoms with E-state index in [0.717, 1.165) is 0 Å². The van der Waals surface area contributed by atoms with Gasteiger partial charge in [0, 0.05) is 11.6 Å². The van der Waals surface area contributed by atoms with Gasteiger partial charge in [0.05, 0.1) is 12.7 Å². The third kappa shape index (κ3) is 3.79. The molecule has 2 unspecified atom stereocenters. The predicted octanol–water partition coefficient (Wildman–Crippen LogP) is 1.54. The Bertz CT molecular complexity index is 664. The molecule has 1 saturated heterocycles. The molecule has 0 bridgehead atoms. The number of halogens is 1. The Morgan fingerprint density at radius 2 is 2.12 bits per heavy atom. The van der Waals surface area contributed by atoms with Crippen LogP contribution >= 0.6 is 11.6 Å². The Hall–Kier alpha value is -2.28. The molecule has 130 valence electrons. The fourth-order valence-electron chi connectivity index (χ4n) is 2.66. The van der Waals surface area contributed by atoms with Gasteiger partial charge in [-0.15, -0.1) is 0 Å². The van der Waals surface area contributed by atoms with E-state index in [1.54, 1.807) is 12.1 Å². The van der Waals surface area contributed by atoms with Gasteiger partial charge in [0.2, 0.25) is 5.91 Å². The summed E-state index contributed by atoms with van der Waals surface area (Å²) in [5.41, 5.74) is 0.274. The number of aliphatic carboxylic acids is 1. The van der Waals surface area contributed by atoms with Crippen LogP contribution < -0.4 is 10.1 Å². The van der Waals surface area contributed by atoms with E-state index in [4.69, 9.17) is 21.4 Å². The highest BCUT2D eigenvalue weighted by molar-refractivity contribution is 6.31. The van der Waals surface area contributed by atoms with Gasteiger partial charge >= 0.3 is 5.97 Å². The standard InChI is InChI=1S/C16H19ClN2O5/c1-9(16(22)23)18-14(20)12-4-3-7-19(12)15(21)11-8-10(17)5-6-13(11)24-2/h5-6,8-9,12H,3-4,7H2,1-2H3,(H,18,20)(H,22,23). The highest BCUT2D eigenvalue weighted by Crippen LogP contribution is 2.27. The summed E-state index contributed by atoms with van der Waals surface area (Å²) in [5.74, 6) is -1.60. The van der Waals surface area contributed by atoms with Gasteiger partial charge < -0.3 is 20.1 Å². The van der Waals surface area contributed by atoms with Crippen molar-refractivity contribution in [2.75, 3.05) is 13.7 Å². The number of methoxy groups -OCH3 is 1. The van der Waals surface area contributed by atoms with Crippen LogP contribution in [0.2, 0.25) is 5.02 Å². The molecular formula is C16H19ClN2O5. The zero-order valence-corrected chi connectivity index (χ0v) is 14.2. The minimum atomic E-state index is -1.13. The fourth-order valence-corrected chi connectivity index (χ4v) is 2.83. The summed E-state index contributed by atoms with van der Waals surface area (Å²) in [6, 6.07) is 2.97. The number of hydrogen-bond donors (Lipinski definition) is 2. The van der Waals surface area contributed by atoms with Crippen molar-refractivity contribution in [2.45, 2.75) is 31.8 Å². The topological polar surface area (TPSA) is 95.9 Å². The van der Waals surface area contributed by atoms with E-state index in [9.17, 15) is 14.4 Å². The van der Waals surface area contributed by atoms with Crippen LogP contribution in [0.25, 0.3) is 0 Å². The second-order valence-corrected chi connectivity index (χ2v) is 6.01. The lowest BCUT2D eigenvalue weighted by Gasteiger charge is -2.25. The van der Waals surface area contributed by atoms with Crippen LogP contribution in [0.1, 0.15) is 30.1 Å². The van der Waals surface area contributed by atoms with E-state index in [1.807, 2.05) is 0 Å². The maximum Gasteiger partial charge on any atom is 0.325 e. The first-order chi connectivity index (χ1) is 11.3. The minimum absolute atomic E-state index is 0.274. The highest BCUT2D eigenvalue weighted by Gasteiger charge is 2.36. The normalized spacial score (nSPS) is 18.1. The zero-order valence-electron chi connectivity index (χ0n) is 13.4. The zero-order chi connectivity index (χ0) is 17.9.